The molecular weight excluding hydrogens is 317 g/mol. The quantitative estimate of drug-likeness (QED) is 0.768. The van der Waals surface area contributed by atoms with Crippen LogP contribution in [0.5, 0.6) is 0 Å². The minimum atomic E-state index is -0.420. The molecule has 0 saturated carbocycles. The van der Waals surface area contributed by atoms with Crippen LogP contribution in [0, 0.1) is 5.82 Å². The van der Waals surface area contributed by atoms with Gasteiger partial charge in [-0.1, -0.05) is 36.4 Å². The number of rotatable bonds is 3. The predicted octanol–water partition coefficient (Wildman–Crippen LogP) is 3.67. The molecule has 1 aliphatic rings. The molecule has 0 bridgehead atoms. The lowest BCUT2D eigenvalue weighted by Gasteiger charge is -2.10. The fourth-order valence-electron chi connectivity index (χ4n) is 2.94. The van der Waals surface area contributed by atoms with E-state index >= 15 is 0 Å². The molecule has 3 aromatic rings. The van der Waals surface area contributed by atoms with E-state index in [2.05, 4.69) is 15.3 Å². The van der Waals surface area contributed by atoms with Crippen molar-refractivity contribution in [3.8, 4) is 11.3 Å². The number of hydrogen-bond acceptors (Lipinski definition) is 2. The summed E-state index contributed by atoms with van der Waals surface area (Å²) < 4.78 is 14.3. The molecule has 2 N–H and O–H groups in total. The Balaban J connectivity index is 1.69. The maximum Gasteiger partial charge on any atom is 0.253 e. The van der Waals surface area contributed by atoms with Gasteiger partial charge in [0, 0.05) is 29.9 Å². The van der Waals surface area contributed by atoms with Gasteiger partial charge in [0.2, 0.25) is 0 Å². The first kappa shape index (κ1) is 15.3. The van der Waals surface area contributed by atoms with Crippen LogP contribution in [0.25, 0.3) is 23.4 Å². The third-order valence-corrected chi connectivity index (χ3v) is 4.22. The molecule has 0 aliphatic carbocycles. The molecule has 0 unspecified atom stereocenters. The molecule has 1 aliphatic heterocycles. The molecule has 4 nitrogen and oxygen atoms in total. The average Bonchev–Trinajstić information content (AvgIpc) is 3.07. The Morgan fingerprint density at radius 1 is 1.08 bits per heavy atom. The zero-order valence-electron chi connectivity index (χ0n) is 13.4. The van der Waals surface area contributed by atoms with Crippen molar-refractivity contribution < 1.29 is 9.18 Å². The van der Waals surface area contributed by atoms with Crippen molar-refractivity contribution in [2.24, 2.45) is 0 Å². The zero-order valence-corrected chi connectivity index (χ0v) is 13.4. The van der Waals surface area contributed by atoms with Crippen LogP contribution in [0.1, 0.15) is 27.3 Å². The molecule has 0 fully saturated rings. The highest BCUT2D eigenvalue weighted by atomic mass is 19.1. The Labute approximate surface area is 144 Å². The molecular formula is C20H16FN3O. The van der Waals surface area contributed by atoms with E-state index in [0.29, 0.717) is 35.5 Å². The van der Waals surface area contributed by atoms with Crippen LogP contribution in [0.15, 0.2) is 48.7 Å². The van der Waals surface area contributed by atoms with Gasteiger partial charge in [0.25, 0.3) is 5.91 Å². The second-order valence-corrected chi connectivity index (χ2v) is 5.91. The van der Waals surface area contributed by atoms with Gasteiger partial charge in [0.15, 0.2) is 5.82 Å². The fourth-order valence-corrected chi connectivity index (χ4v) is 2.94. The molecule has 25 heavy (non-hydrogen) atoms. The van der Waals surface area contributed by atoms with Crippen molar-refractivity contribution >= 4 is 18.1 Å². The zero-order chi connectivity index (χ0) is 17.2. The summed E-state index contributed by atoms with van der Waals surface area (Å²) in [6.07, 6.45) is 5.69. The van der Waals surface area contributed by atoms with E-state index in [1.54, 1.807) is 12.1 Å². The summed E-state index contributed by atoms with van der Waals surface area (Å²) >= 11 is 0. The summed E-state index contributed by atoms with van der Waals surface area (Å²) in [5.74, 6) is -0.543. The number of nitrogens with zero attached hydrogens (tertiary/aromatic N) is 1. The van der Waals surface area contributed by atoms with Crippen molar-refractivity contribution in [3.05, 3.63) is 77.0 Å². The summed E-state index contributed by atoms with van der Waals surface area (Å²) in [5.41, 5.74) is 4.12. The predicted molar refractivity (Wildman–Crippen MR) is 95.4 cm³/mol. The number of pyridine rings is 1. The third kappa shape index (κ3) is 3.08. The number of nitrogens with one attached hydrogen (secondary N) is 2. The summed E-state index contributed by atoms with van der Waals surface area (Å²) in [6, 6.07) is 13.2. The Morgan fingerprint density at radius 3 is 2.72 bits per heavy atom. The van der Waals surface area contributed by atoms with Crippen molar-refractivity contribution in [3.63, 3.8) is 0 Å². The summed E-state index contributed by atoms with van der Waals surface area (Å²) in [6.45, 7) is 0.593. The second kappa shape index (κ2) is 6.36. The van der Waals surface area contributed by atoms with E-state index in [1.807, 2.05) is 42.5 Å². The lowest BCUT2D eigenvalue weighted by atomic mass is 10.1. The van der Waals surface area contributed by atoms with Gasteiger partial charge in [-0.05, 0) is 23.8 Å². The minimum Gasteiger partial charge on any atom is -0.358 e. The molecule has 0 radical (unpaired) electrons. The third-order valence-electron chi connectivity index (χ3n) is 4.22. The van der Waals surface area contributed by atoms with E-state index in [-0.39, 0.29) is 5.91 Å². The highest BCUT2D eigenvalue weighted by molar-refractivity contribution is 5.97. The molecule has 0 saturated heterocycles. The number of carbonyl (C=O) groups is 1. The number of benzene rings is 1. The largest absolute Gasteiger partial charge is 0.358 e. The Bertz CT molecular complexity index is 960. The van der Waals surface area contributed by atoms with Crippen LogP contribution < -0.4 is 5.32 Å². The Morgan fingerprint density at radius 2 is 1.92 bits per heavy atom. The van der Waals surface area contributed by atoms with Gasteiger partial charge < -0.3 is 10.3 Å². The van der Waals surface area contributed by atoms with Gasteiger partial charge >= 0.3 is 0 Å². The number of aromatic amines is 1. The number of amides is 1. The van der Waals surface area contributed by atoms with Gasteiger partial charge in [-0.15, -0.1) is 0 Å². The first-order chi connectivity index (χ1) is 12.2. The van der Waals surface area contributed by atoms with Crippen LogP contribution in [0.3, 0.4) is 0 Å². The standard InChI is InChI=1S/C20H16FN3O/c21-17-12-23-14(7-6-13-4-2-1-3-5-13)10-15(17)19-11-16-18(24-19)8-9-22-20(16)25/h1-7,10-12,24H,8-9H2,(H,22,25). The lowest BCUT2D eigenvalue weighted by Crippen LogP contribution is -2.31. The van der Waals surface area contributed by atoms with Crippen LogP contribution >= 0.6 is 0 Å². The second-order valence-electron chi connectivity index (χ2n) is 5.91. The maximum absolute atomic E-state index is 14.3. The van der Waals surface area contributed by atoms with Gasteiger partial charge in [0.1, 0.15) is 0 Å². The van der Waals surface area contributed by atoms with Crippen molar-refractivity contribution in [2.75, 3.05) is 6.54 Å². The summed E-state index contributed by atoms with van der Waals surface area (Å²) in [7, 11) is 0. The smallest absolute Gasteiger partial charge is 0.253 e. The molecule has 0 atom stereocenters. The molecule has 2 aromatic heterocycles. The van der Waals surface area contributed by atoms with Crippen LogP contribution in [-0.2, 0) is 6.42 Å². The highest BCUT2D eigenvalue weighted by Gasteiger charge is 2.21. The molecule has 0 spiro atoms. The number of fused-ring (bicyclic) bond motifs is 1. The van der Waals surface area contributed by atoms with Crippen LogP contribution in [0.4, 0.5) is 4.39 Å². The number of carbonyl (C=O) groups excluding carboxylic acids is 1. The molecule has 4 rings (SSSR count). The molecule has 1 aromatic carbocycles. The van der Waals surface area contributed by atoms with Crippen LogP contribution in [-0.4, -0.2) is 22.4 Å². The first-order valence-electron chi connectivity index (χ1n) is 8.10. The van der Waals surface area contributed by atoms with E-state index in [0.717, 1.165) is 11.3 Å². The van der Waals surface area contributed by atoms with Gasteiger partial charge in [-0.3, -0.25) is 9.78 Å². The van der Waals surface area contributed by atoms with E-state index < -0.39 is 5.82 Å². The van der Waals surface area contributed by atoms with Crippen molar-refractivity contribution in [2.45, 2.75) is 6.42 Å². The molecule has 5 heteroatoms. The SMILES string of the molecule is O=C1NCCc2[nH]c(-c3cc(C=Cc4ccccc4)ncc3F)cc21. The highest BCUT2D eigenvalue weighted by Crippen LogP contribution is 2.26. The van der Waals surface area contributed by atoms with Gasteiger partial charge in [-0.2, -0.15) is 0 Å². The minimum absolute atomic E-state index is 0.123. The average molecular weight is 333 g/mol. The summed E-state index contributed by atoms with van der Waals surface area (Å²) in [5, 5.41) is 2.79. The Hall–Kier alpha value is -3.21. The monoisotopic (exact) mass is 333 g/mol. The van der Waals surface area contributed by atoms with E-state index in [9.17, 15) is 9.18 Å². The van der Waals surface area contributed by atoms with E-state index in [4.69, 9.17) is 0 Å². The van der Waals surface area contributed by atoms with E-state index in [1.165, 1.54) is 6.20 Å². The normalized spacial score (nSPS) is 13.7. The lowest BCUT2D eigenvalue weighted by molar-refractivity contribution is 0.0946. The van der Waals surface area contributed by atoms with Crippen molar-refractivity contribution in [1.29, 1.82) is 0 Å². The van der Waals surface area contributed by atoms with Gasteiger partial charge in [-0.25, -0.2) is 4.39 Å². The number of aromatic nitrogens is 2. The number of halogens is 1. The van der Waals surface area contributed by atoms with Gasteiger partial charge in [0.05, 0.1) is 17.5 Å². The van der Waals surface area contributed by atoms with Crippen LogP contribution in [0.2, 0.25) is 0 Å². The first-order valence-corrected chi connectivity index (χ1v) is 8.10. The molecule has 124 valence electrons. The number of hydrogen-bond donors (Lipinski definition) is 2. The topological polar surface area (TPSA) is 57.8 Å². The molecule has 1 amide bonds. The number of H-pyrrole nitrogens is 1. The molecule has 3 heterocycles. The maximum atomic E-state index is 14.3. The van der Waals surface area contributed by atoms with Crippen molar-refractivity contribution in [1.82, 2.24) is 15.3 Å². The Kier molecular flexibility index (Phi) is 3.90. The fraction of sp³-hybridized carbons (Fsp3) is 0.100. The summed E-state index contributed by atoms with van der Waals surface area (Å²) in [4.78, 5) is 19.2.